The number of fused-ring (bicyclic) bond motifs is 1. The van der Waals surface area contributed by atoms with E-state index in [1.807, 2.05) is 36.4 Å². The van der Waals surface area contributed by atoms with Gasteiger partial charge in [-0.3, -0.25) is 14.3 Å². The van der Waals surface area contributed by atoms with Gasteiger partial charge in [0, 0.05) is 35.5 Å². The van der Waals surface area contributed by atoms with Crippen LogP contribution in [0, 0.1) is 0 Å². The summed E-state index contributed by atoms with van der Waals surface area (Å²) in [6.07, 6.45) is 5.81. The quantitative estimate of drug-likeness (QED) is 0.294. The number of aliphatic hydroxyl groups is 1. The van der Waals surface area contributed by atoms with Crippen LogP contribution in [0.2, 0.25) is 10.0 Å². The van der Waals surface area contributed by atoms with Gasteiger partial charge in [-0.25, -0.2) is 18.3 Å². The maximum absolute atomic E-state index is 14.3. The summed E-state index contributed by atoms with van der Waals surface area (Å²) in [7, 11) is -4.02. The third-order valence-electron chi connectivity index (χ3n) is 8.05. The highest BCUT2D eigenvalue weighted by Crippen LogP contribution is 2.45. The Morgan fingerprint density at radius 2 is 1.69 bits per heavy atom. The van der Waals surface area contributed by atoms with E-state index in [-0.39, 0.29) is 30.0 Å². The number of aromatic nitrogens is 3. The monoisotopic (exact) mass is 625 g/mol. The summed E-state index contributed by atoms with van der Waals surface area (Å²) >= 11 is 12.6. The summed E-state index contributed by atoms with van der Waals surface area (Å²) in [5, 5.41) is 10.6. The number of hydrogen-bond donors (Lipinski definition) is 1. The van der Waals surface area contributed by atoms with Gasteiger partial charge in [-0.05, 0) is 73.6 Å². The van der Waals surface area contributed by atoms with E-state index < -0.39 is 21.7 Å². The molecule has 4 aromatic rings. The second-order valence-electron chi connectivity index (χ2n) is 10.8. The van der Waals surface area contributed by atoms with Gasteiger partial charge < -0.3 is 5.11 Å². The minimum Gasteiger partial charge on any atom is -0.393 e. The normalized spacial score (nSPS) is 19.8. The third kappa shape index (κ3) is 5.11. The van der Waals surface area contributed by atoms with Gasteiger partial charge in [-0.2, -0.15) is 4.31 Å². The summed E-state index contributed by atoms with van der Waals surface area (Å²) in [4.78, 5) is 24.3. The number of piperidine rings is 1. The molecule has 2 aliphatic rings. The molecular formula is C30H29Cl2N5O4S. The van der Waals surface area contributed by atoms with Crippen LogP contribution in [0.4, 0.5) is 11.6 Å². The van der Waals surface area contributed by atoms with Crippen molar-refractivity contribution in [3.05, 3.63) is 88.8 Å². The van der Waals surface area contributed by atoms with Gasteiger partial charge in [0.25, 0.3) is 15.9 Å². The molecule has 0 aliphatic carbocycles. The first-order valence-corrected chi connectivity index (χ1v) is 15.8. The molecule has 4 heterocycles. The van der Waals surface area contributed by atoms with Crippen LogP contribution >= 0.6 is 23.2 Å². The number of sulfonamides is 1. The third-order valence-corrected chi connectivity index (χ3v) is 10.3. The lowest BCUT2D eigenvalue weighted by molar-refractivity contribution is -0.124. The predicted octanol–water partition coefficient (Wildman–Crippen LogP) is 5.42. The number of amides is 1. The van der Waals surface area contributed by atoms with Crippen molar-refractivity contribution < 1.29 is 18.3 Å². The predicted molar refractivity (Wildman–Crippen MR) is 161 cm³/mol. The van der Waals surface area contributed by atoms with Crippen molar-refractivity contribution in [2.75, 3.05) is 18.0 Å². The van der Waals surface area contributed by atoms with Crippen LogP contribution in [0.25, 0.3) is 11.1 Å². The van der Waals surface area contributed by atoms with Crippen molar-refractivity contribution in [3.8, 4) is 11.1 Å². The van der Waals surface area contributed by atoms with Crippen molar-refractivity contribution in [2.45, 2.75) is 49.3 Å². The summed E-state index contributed by atoms with van der Waals surface area (Å²) in [6, 6.07) is 16.7. The number of benzene rings is 2. The fraction of sp³-hybridized carbons (Fsp3) is 0.300. The zero-order chi connectivity index (χ0) is 29.6. The molecule has 2 aliphatic heterocycles. The Hall–Kier alpha value is -3.28. The first-order chi connectivity index (χ1) is 20.1. The van der Waals surface area contributed by atoms with Gasteiger partial charge in [0.05, 0.1) is 18.0 Å². The van der Waals surface area contributed by atoms with E-state index in [4.69, 9.17) is 23.2 Å². The summed E-state index contributed by atoms with van der Waals surface area (Å²) < 4.78 is 30.7. The van der Waals surface area contributed by atoms with Crippen molar-refractivity contribution in [2.24, 2.45) is 0 Å². The zero-order valence-corrected chi connectivity index (χ0v) is 25.1. The number of anilines is 2. The molecule has 6 rings (SSSR count). The molecule has 1 saturated heterocycles. The van der Waals surface area contributed by atoms with E-state index in [2.05, 4.69) is 9.97 Å². The number of nitrogens with zero attached hydrogens (tertiary/aromatic N) is 5. The molecule has 2 aromatic carbocycles. The van der Waals surface area contributed by atoms with Crippen LogP contribution in [0.3, 0.4) is 0 Å². The van der Waals surface area contributed by atoms with Gasteiger partial charge in [0.15, 0.2) is 5.03 Å². The number of carbonyl (C=O) groups is 1. The van der Waals surface area contributed by atoms with Crippen LogP contribution in [-0.2, 0) is 26.8 Å². The summed E-state index contributed by atoms with van der Waals surface area (Å²) in [5.41, 5.74) is 2.15. The lowest BCUT2D eigenvalue weighted by Crippen LogP contribution is -2.44. The van der Waals surface area contributed by atoms with E-state index in [1.165, 1.54) is 20.0 Å². The molecule has 1 N–H and O–H groups in total. The maximum Gasteiger partial charge on any atom is 0.260 e. The first kappa shape index (κ1) is 28.8. The smallest absolute Gasteiger partial charge is 0.260 e. The van der Waals surface area contributed by atoms with E-state index in [9.17, 15) is 18.3 Å². The first-order valence-electron chi connectivity index (χ1n) is 13.6. The van der Waals surface area contributed by atoms with Crippen LogP contribution in [0.5, 0.6) is 0 Å². The summed E-state index contributed by atoms with van der Waals surface area (Å²) in [5.74, 6) is -0.148. The topological polar surface area (TPSA) is 109 Å². The average Bonchev–Trinajstić information content (AvgIpc) is 3.50. The molecule has 9 nitrogen and oxygen atoms in total. The average molecular weight is 627 g/mol. The summed E-state index contributed by atoms with van der Waals surface area (Å²) in [6.45, 7) is 2.12. The van der Waals surface area contributed by atoms with E-state index in [0.29, 0.717) is 41.4 Å². The molecule has 0 saturated carbocycles. The number of aryl methyl sites for hydroxylation is 1. The number of aliphatic hydroxyl groups excluding tert-OH is 1. The number of rotatable bonds is 7. The minimum atomic E-state index is -4.02. The van der Waals surface area contributed by atoms with Crippen LogP contribution < -0.4 is 4.90 Å². The second-order valence-corrected chi connectivity index (χ2v) is 13.6. The van der Waals surface area contributed by atoms with Crippen molar-refractivity contribution >= 4 is 50.8 Å². The number of hydrogen-bond acceptors (Lipinski definition) is 6. The van der Waals surface area contributed by atoms with Gasteiger partial charge in [-0.1, -0.05) is 53.5 Å². The van der Waals surface area contributed by atoms with Crippen molar-refractivity contribution in [1.29, 1.82) is 0 Å². The molecule has 2 aromatic heterocycles. The van der Waals surface area contributed by atoms with Crippen molar-refractivity contribution in [1.82, 2.24) is 18.8 Å². The highest BCUT2D eigenvalue weighted by Gasteiger charge is 2.52. The molecule has 0 spiro atoms. The Labute approximate surface area is 254 Å². The largest absolute Gasteiger partial charge is 0.393 e. The van der Waals surface area contributed by atoms with E-state index in [1.54, 1.807) is 37.5 Å². The standard InChI is InChI=1S/C30H29Cl2N5O4S/c1-30(11-8-20-4-6-21(7-5-20)22-3-2-12-33-18-22)28(39)36(25-16-23(31)15-24(32)17-25)29-34-19-27(37(29)30)42(40,41)35-13-9-26(38)10-14-35/h2-7,12,15-19,26,38H,8-11,13-14H2,1H3/t30-/m1/s1. The lowest BCUT2D eigenvalue weighted by Gasteiger charge is -2.31. The maximum atomic E-state index is 14.3. The molecule has 1 atom stereocenters. The van der Waals surface area contributed by atoms with Crippen LogP contribution in [-0.4, -0.2) is 57.5 Å². The Kier molecular flexibility index (Phi) is 7.61. The number of halogens is 2. The lowest BCUT2D eigenvalue weighted by atomic mass is 9.92. The van der Waals surface area contributed by atoms with Crippen molar-refractivity contribution in [3.63, 3.8) is 0 Å². The Balaban J connectivity index is 1.38. The molecule has 0 unspecified atom stereocenters. The van der Waals surface area contributed by atoms with Gasteiger partial charge in [-0.15, -0.1) is 0 Å². The van der Waals surface area contributed by atoms with Gasteiger partial charge >= 0.3 is 0 Å². The molecule has 0 radical (unpaired) electrons. The van der Waals surface area contributed by atoms with E-state index in [0.717, 1.165) is 16.7 Å². The van der Waals surface area contributed by atoms with E-state index >= 15 is 0 Å². The second kappa shape index (κ2) is 11.1. The van der Waals surface area contributed by atoms with Crippen LogP contribution in [0.1, 0.15) is 31.7 Å². The number of carbonyl (C=O) groups excluding carboxylic acids is 1. The molecule has 12 heteroatoms. The highest BCUT2D eigenvalue weighted by molar-refractivity contribution is 7.89. The Morgan fingerprint density at radius 3 is 2.33 bits per heavy atom. The molecule has 1 fully saturated rings. The Bertz CT molecular complexity index is 1720. The number of imidazole rings is 1. The molecule has 42 heavy (non-hydrogen) atoms. The minimum absolute atomic E-state index is 0.0627. The van der Waals surface area contributed by atoms with Crippen LogP contribution in [0.15, 0.2) is 78.2 Å². The van der Waals surface area contributed by atoms with Gasteiger partial charge in [0.2, 0.25) is 5.95 Å². The molecule has 218 valence electrons. The fourth-order valence-electron chi connectivity index (χ4n) is 5.68. The Morgan fingerprint density at radius 1 is 1.00 bits per heavy atom. The zero-order valence-electron chi connectivity index (χ0n) is 22.8. The molecule has 1 amide bonds. The number of pyridine rings is 1. The molecular weight excluding hydrogens is 597 g/mol. The van der Waals surface area contributed by atoms with Gasteiger partial charge in [0.1, 0.15) is 5.54 Å². The highest BCUT2D eigenvalue weighted by atomic mass is 35.5. The molecule has 0 bridgehead atoms. The fourth-order valence-corrected chi connectivity index (χ4v) is 7.85. The SMILES string of the molecule is C[C@@]1(CCc2ccc(-c3cccnc3)cc2)C(=O)N(c2cc(Cl)cc(Cl)c2)c2ncc(S(=O)(=O)N3CCC(O)CC3)n21.